The second-order valence-electron chi connectivity index (χ2n) is 8.36. The first-order valence-electron chi connectivity index (χ1n) is 10.1. The lowest BCUT2D eigenvalue weighted by atomic mass is 9.75. The van der Waals surface area contributed by atoms with E-state index in [0.29, 0.717) is 23.9 Å². The molecule has 3 heterocycles. The zero-order valence-electron chi connectivity index (χ0n) is 16.7. The number of benzene rings is 2. The molecule has 1 aromatic heterocycles. The SMILES string of the molecule is Cc1ccc(-c2cc([C@@H]3C4CCC(C[C@@H]3c3ccc(Cl)cc3)N4C)on2)cc1.Cl. The first-order valence-corrected chi connectivity index (χ1v) is 10.5. The Hall–Kier alpha value is -1.81. The zero-order chi connectivity index (χ0) is 19.3. The minimum Gasteiger partial charge on any atom is -0.360 e. The van der Waals surface area contributed by atoms with E-state index in [2.05, 4.69) is 66.5 Å². The molecule has 0 aliphatic carbocycles. The van der Waals surface area contributed by atoms with Gasteiger partial charge in [-0.3, -0.25) is 4.90 Å². The number of halogens is 2. The van der Waals surface area contributed by atoms with Crippen LogP contribution in [-0.4, -0.2) is 29.2 Å². The average Bonchev–Trinajstić information content (AvgIpc) is 3.26. The maximum Gasteiger partial charge on any atom is 0.142 e. The molecule has 3 nitrogen and oxygen atoms in total. The van der Waals surface area contributed by atoms with E-state index in [-0.39, 0.29) is 12.4 Å². The number of hydrogen-bond acceptors (Lipinski definition) is 3. The van der Waals surface area contributed by atoms with Gasteiger partial charge in [-0.15, -0.1) is 12.4 Å². The van der Waals surface area contributed by atoms with Crippen LogP contribution in [0.15, 0.2) is 59.1 Å². The van der Waals surface area contributed by atoms with Gasteiger partial charge in [0, 0.05) is 34.7 Å². The fraction of sp³-hybridized carbons (Fsp3) is 0.375. The molecule has 2 aliphatic rings. The zero-order valence-corrected chi connectivity index (χ0v) is 18.3. The topological polar surface area (TPSA) is 29.3 Å². The van der Waals surface area contributed by atoms with Crippen LogP contribution in [0, 0.1) is 6.92 Å². The van der Waals surface area contributed by atoms with Crippen molar-refractivity contribution in [2.24, 2.45) is 0 Å². The Morgan fingerprint density at radius 3 is 2.48 bits per heavy atom. The highest BCUT2D eigenvalue weighted by Crippen LogP contribution is 2.51. The first kappa shape index (κ1) is 20.5. The number of fused-ring (bicyclic) bond motifs is 2. The first-order chi connectivity index (χ1) is 13.6. The van der Waals surface area contributed by atoms with Crippen molar-refractivity contribution in [1.82, 2.24) is 10.1 Å². The van der Waals surface area contributed by atoms with E-state index < -0.39 is 0 Å². The van der Waals surface area contributed by atoms with E-state index in [1.807, 2.05) is 12.1 Å². The molecule has 2 aromatic carbocycles. The maximum absolute atomic E-state index is 6.14. The van der Waals surface area contributed by atoms with Crippen molar-refractivity contribution in [3.05, 3.63) is 76.5 Å². The van der Waals surface area contributed by atoms with Crippen LogP contribution in [0.4, 0.5) is 0 Å². The lowest BCUT2D eigenvalue weighted by Gasteiger charge is -2.42. The number of piperidine rings is 1. The standard InChI is InChI=1S/C24H25ClN2O.ClH/c1-15-3-5-17(6-4-15)21-14-23(28-26-21)24-20(16-7-9-18(25)10-8-16)13-19-11-12-22(24)27(19)2;/h3-10,14,19-20,22,24H,11-13H2,1-2H3;1H/t19?,20-,22?,24+;/m1./s1. The van der Waals surface area contributed by atoms with Gasteiger partial charge in [0.05, 0.1) is 0 Å². The summed E-state index contributed by atoms with van der Waals surface area (Å²) in [6.07, 6.45) is 3.64. The second-order valence-corrected chi connectivity index (χ2v) is 8.80. The molecule has 2 bridgehead atoms. The van der Waals surface area contributed by atoms with Gasteiger partial charge in [-0.25, -0.2) is 0 Å². The fourth-order valence-corrected chi connectivity index (χ4v) is 5.34. The van der Waals surface area contributed by atoms with Crippen LogP contribution >= 0.6 is 24.0 Å². The van der Waals surface area contributed by atoms with Crippen molar-refractivity contribution in [3.63, 3.8) is 0 Å². The predicted molar refractivity (Wildman–Crippen MR) is 120 cm³/mol. The minimum absolute atomic E-state index is 0. The number of aryl methyl sites for hydroxylation is 1. The third-order valence-corrected chi connectivity index (χ3v) is 7.02. The van der Waals surface area contributed by atoms with Gasteiger partial charge < -0.3 is 4.52 Å². The Morgan fingerprint density at radius 1 is 1.03 bits per heavy atom. The van der Waals surface area contributed by atoms with E-state index in [4.69, 9.17) is 16.1 Å². The van der Waals surface area contributed by atoms with E-state index in [0.717, 1.165) is 28.5 Å². The van der Waals surface area contributed by atoms with E-state index in [9.17, 15) is 0 Å². The minimum atomic E-state index is 0. The van der Waals surface area contributed by atoms with Gasteiger partial charge in [0.1, 0.15) is 11.5 Å². The highest BCUT2D eigenvalue weighted by molar-refractivity contribution is 6.30. The normalized spacial score (nSPS) is 26.3. The lowest BCUT2D eigenvalue weighted by Crippen LogP contribution is -2.44. The van der Waals surface area contributed by atoms with E-state index in [1.165, 1.54) is 24.0 Å². The number of nitrogens with zero attached hydrogens (tertiary/aromatic N) is 2. The highest BCUT2D eigenvalue weighted by Gasteiger charge is 2.48. The summed E-state index contributed by atoms with van der Waals surface area (Å²) in [7, 11) is 2.27. The predicted octanol–water partition coefficient (Wildman–Crippen LogP) is 6.46. The molecule has 5 heteroatoms. The van der Waals surface area contributed by atoms with Gasteiger partial charge in [-0.2, -0.15) is 0 Å². The molecule has 0 amide bonds. The molecule has 0 saturated carbocycles. The quantitative estimate of drug-likeness (QED) is 0.479. The Bertz CT molecular complexity index is 967. The van der Waals surface area contributed by atoms with Crippen molar-refractivity contribution < 1.29 is 4.52 Å². The van der Waals surface area contributed by atoms with Crippen molar-refractivity contribution in [1.29, 1.82) is 0 Å². The van der Waals surface area contributed by atoms with Crippen LogP contribution in [0.1, 0.15) is 48.0 Å². The Labute approximate surface area is 183 Å². The molecule has 0 spiro atoms. The number of hydrogen-bond donors (Lipinski definition) is 0. The summed E-state index contributed by atoms with van der Waals surface area (Å²) >= 11 is 6.14. The van der Waals surface area contributed by atoms with Crippen LogP contribution < -0.4 is 0 Å². The summed E-state index contributed by atoms with van der Waals surface area (Å²) < 4.78 is 5.96. The van der Waals surface area contributed by atoms with E-state index in [1.54, 1.807) is 0 Å². The van der Waals surface area contributed by atoms with Crippen LogP contribution in [0.2, 0.25) is 5.02 Å². The number of aromatic nitrogens is 1. The smallest absolute Gasteiger partial charge is 0.142 e. The summed E-state index contributed by atoms with van der Waals surface area (Å²) in [5.41, 5.74) is 4.64. The van der Waals surface area contributed by atoms with Crippen LogP contribution in [0.5, 0.6) is 0 Å². The molecular formula is C24H26Cl2N2O. The van der Waals surface area contributed by atoms with Gasteiger partial charge in [0.2, 0.25) is 0 Å². The molecule has 2 aliphatic heterocycles. The maximum atomic E-state index is 6.14. The summed E-state index contributed by atoms with van der Waals surface area (Å²) in [5, 5.41) is 5.22. The highest BCUT2D eigenvalue weighted by atomic mass is 35.5. The molecular weight excluding hydrogens is 403 g/mol. The molecule has 29 heavy (non-hydrogen) atoms. The van der Waals surface area contributed by atoms with Gasteiger partial charge in [-0.1, -0.05) is 58.7 Å². The Morgan fingerprint density at radius 2 is 1.76 bits per heavy atom. The van der Waals surface area contributed by atoms with Crippen molar-refractivity contribution in [3.8, 4) is 11.3 Å². The van der Waals surface area contributed by atoms with Crippen LogP contribution in [0.3, 0.4) is 0 Å². The second kappa shape index (κ2) is 8.14. The van der Waals surface area contributed by atoms with E-state index >= 15 is 0 Å². The third kappa shape index (κ3) is 3.72. The molecule has 2 unspecified atom stereocenters. The van der Waals surface area contributed by atoms with Crippen molar-refractivity contribution >= 4 is 24.0 Å². The van der Waals surface area contributed by atoms with Gasteiger partial charge in [0.25, 0.3) is 0 Å². The molecule has 5 rings (SSSR count). The average molecular weight is 429 g/mol. The number of likely N-dealkylation sites (N-methyl/N-ethyl adjacent to an activating group) is 1. The third-order valence-electron chi connectivity index (χ3n) is 6.77. The molecule has 4 atom stereocenters. The van der Waals surface area contributed by atoms with Crippen LogP contribution in [0.25, 0.3) is 11.3 Å². The fourth-order valence-electron chi connectivity index (χ4n) is 5.21. The number of rotatable bonds is 3. The van der Waals surface area contributed by atoms with Crippen molar-refractivity contribution in [2.75, 3.05) is 7.05 Å². The van der Waals surface area contributed by atoms with Gasteiger partial charge >= 0.3 is 0 Å². The molecule has 3 aromatic rings. The summed E-state index contributed by atoms with van der Waals surface area (Å²) in [4.78, 5) is 2.56. The molecule has 2 saturated heterocycles. The summed E-state index contributed by atoms with van der Waals surface area (Å²) in [6.45, 7) is 2.10. The van der Waals surface area contributed by atoms with Gasteiger partial charge in [-0.05, 0) is 56.8 Å². The Kier molecular flexibility index (Phi) is 5.74. The van der Waals surface area contributed by atoms with Crippen LogP contribution in [-0.2, 0) is 0 Å². The van der Waals surface area contributed by atoms with Crippen molar-refractivity contribution in [2.45, 2.75) is 50.1 Å². The molecule has 152 valence electrons. The lowest BCUT2D eigenvalue weighted by molar-refractivity contribution is 0.122. The summed E-state index contributed by atoms with van der Waals surface area (Å²) in [5.74, 6) is 1.76. The Balaban J connectivity index is 0.00000205. The molecule has 0 radical (unpaired) electrons. The molecule has 2 fully saturated rings. The van der Waals surface area contributed by atoms with Gasteiger partial charge in [0.15, 0.2) is 0 Å². The summed E-state index contributed by atoms with van der Waals surface area (Å²) in [6, 6.07) is 20.2. The largest absolute Gasteiger partial charge is 0.360 e. The molecule has 0 N–H and O–H groups in total. The monoisotopic (exact) mass is 428 g/mol.